The normalized spacial score (nSPS) is 22.3. The highest BCUT2D eigenvalue weighted by Gasteiger charge is 2.26. The molecule has 1 aromatic rings. The average Bonchev–Trinajstić information content (AvgIpc) is 3.07. The Kier molecular flexibility index (Phi) is 5.46. The van der Waals surface area contributed by atoms with Gasteiger partial charge in [0.2, 0.25) is 0 Å². The van der Waals surface area contributed by atoms with Gasteiger partial charge in [-0.15, -0.1) is 0 Å². The monoisotopic (exact) mass is 366 g/mol. The van der Waals surface area contributed by atoms with Gasteiger partial charge in [0.25, 0.3) is 5.91 Å². The third-order valence-corrected chi connectivity index (χ3v) is 6.12. The van der Waals surface area contributed by atoms with Crippen molar-refractivity contribution in [2.75, 3.05) is 45.6 Å². The summed E-state index contributed by atoms with van der Waals surface area (Å²) in [4.78, 5) is 17.2. The molecule has 1 atom stereocenters. The molecule has 1 unspecified atom stereocenters. The molecule has 2 saturated heterocycles. The minimum absolute atomic E-state index is 0.0835. The number of carbonyl (C=O) groups excluding carboxylic acids is 1. The van der Waals surface area contributed by atoms with Crippen LogP contribution in [-0.4, -0.2) is 75.8 Å². The molecule has 1 aromatic carbocycles. The van der Waals surface area contributed by atoms with Gasteiger partial charge >= 0.3 is 0 Å². The Morgan fingerprint density at radius 2 is 1.96 bits per heavy atom. The lowest BCUT2D eigenvalue weighted by Gasteiger charge is -2.36. The third-order valence-electron chi connectivity index (χ3n) is 5.01. The predicted molar refractivity (Wildman–Crippen MR) is 95.6 cm³/mol. The van der Waals surface area contributed by atoms with Crippen LogP contribution in [0.25, 0.3) is 0 Å². The van der Waals surface area contributed by atoms with E-state index in [4.69, 9.17) is 4.74 Å². The molecule has 2 aliphatic heterocycles. The van der Waals surface area contributed by atoms with Gasteiger partial charge in [0.05, 0.1) is 11.0 Å². The van der Waals surface area contributed by atoms with Crippen LogP contribution in [0.1, 0.15) is 28.8 Å². The first kappa shape index (κ1) is 18.4. The number of carbonyl (C=O) groups is 1. The van der Waals surface area contributed by atoms with E-state index in [-0.39, 0.29) is 10.8 Å². The maximum absolute atomic E-state index is 12.8. The zero-order valence-electron chi connectivity index (χ0n) is 14.9. The highest BCUT2D eigenvalue weighted by atomic mass is 32.2. The number of amides is 1. The van der Waals surface area contributed by atoms with Crippen molar-refractivity contribution in [3.05, 3.63) is 29.3 Å². The summed E-state index contributed by atoms with van der Waals surface area (Å²) in [6.07, 6.45) is 3.75. The number of rotatable bonds is 4. The van der Waals surface area contributed by atoms with E-state index >= 15 is 0 Å². The van der Waals surface area contributed by atoms with E-state index in [1.54, 1.807) is 12.1 Å². The van der Waals surface area contributed by atoms with E-state index in [0.717, 1.165) is 50.9 Å². The first-order chi connectivity index (χ1) is 11.8. The van der Waals surface area contributed by atoms with Crippen molar-refractivity contribution in [1.82, 2.24) is 9.80 Å². The molecular weight excluding hydrogens is 340 g/mol. The van der Waals surface area contributed by atoms with Crippen LogP contribution in [0.2, 0.25) is 0 Å². The van der Waals surface area contributed by atoms with Gasteiger partial charge in [-0.05, 0) is 37.5 Å². The molecule has 6 nitrogen and oxygen atoms in total. The minimum atomic E-state index is -3.32. The molecule has 0 aliphatic carbocycles. The van der Waals surface area contributed by atoms with Crippen molar-refractivity contribution >= 4 is 15.7 Å². The van der Waals surface area contributed by atoms with E-state index in [1.165, 1.54) is 6.07 Å². The fourth-order valence-electron chi connectivity index (χ4n) is 3.44. The molecule has 3 rings (SSSR count). The molecule has 0 spiro atoms. The second-order valence-corrected chi connectivity index (χ2v) is 8.99. The Hall–Kier alpha value is -1.44. The van der Waals surface area contributed by atoms with Gasteiger partial charge in [0, 0.05) is 51.1 Å². The van der Waals surface area contributed by atoms with Crippen LogP contribution in [0.5, 0.6) is 0 Å². The molecule has 0 radical (unpaired) electrons. The Morgan fingerprint density at radius 1 is 1.24 bits per heavy atom. The van der Waals surface area contributed by atoms with Gasteiger partial charge in [-0.2, -0.15) is 0 Å². The van der Waals surface area contributed by atoms with Crippen molar-refractivity contribution in [3.63, 3.8) is 0 Å². The van der Waals surface area contributed by atoms with Crippen LogP contribution in [-0.2, 0) is 14.6 Å². The van der Waals surface area contributed by atoms with Crippen molar-refractivity contribution in [2.45, 2.75) is 30.8 Å². The number of aryl methyl sites for hydroxylation is 1. The molecular formula is C18H26N2O4S. The summed E-state index contributed by atoms with van der Waals surface area (Å²) in [6, 6.07) is 4.77. The summed E-state index contributed by atoms with van der Waals surface area (Å²) in [5.74, 6) is -0.0835. The Balaban J connectivity index is 1.64. The molecule has 2 aliphatic rings. The smallest absolute Gasteiger partial charge is 0.254 e. The largest absolute Gasteiger partial charge is 0.377 e. The standard InChI is InChI=1S/C18H26N2O4S/c1-14-5-6-16(25(2,22)23)12-17(14)18(21)20-9-7-19(8-10-20)13-15-4-3-11-24-15/h5-6,12,15H,3-4,7-11,13H2,1-2H3. The fourth-order valence-corrected chi connectivity index (χ4v) is 4.09. The van der Waals surface area contributed by atoms with E-state index < -0.39 is 9.84 Å². The van der Waals surface area contributed by atoms with E-state index in [1.807, 2.05) is 11.8 Å². The quantitative estimate of drug-likeness (QED) is 0.804. The Morgan fingerprint density at radius 3 is 2.56 bits per heavy atom. The first-order valence-corrected chi connectivity index (χ1v) is 10.7. The number of nitrogens with zero attached hydrogens (tertiary/aromatic N) is 2. The van der Waals surface area contributed by atoms with Crippen molar-refractivity contribution in [3.8, 4) is 0 Å². The predicted octanol–water partition coefficient (Wildman–Crippen LogP) is 1.34. The highest BCUT2D eigenvalue weighted by Crippen LogP contribution is 2.19. The first-order valence-electron chi connectivity index (χ1n) is 8.78. The lowest BCUT2D eigenvalue weighted by Crippen LogP contribution is -2.50. The van der Waals surface area contributed by atoms with Crippen LogP contribution >= 0.6 is 0 Å². The number of piperazine rings is 1. The molecule has 138 valence electrons. The number of sulfone groups is 1. The summed E-state index contributed by atoms with van der Waals surface area (Å²) < 4.78 is 29.2. The lowest BCUT2D eigenvalue weighted by molar-refractivity contribution is 0.0432. The summed E-state index contributed by atoms with van der Waals surface area (Å²) in [6.45, 7) is 6.62. The van der Waals surface area contributed by atoms with Crippen LogP contribution in [0.15, 0.2) is 23.1 Å². The van der Waals surface area contributed by atoms with Gasteiger partial charge in [0.1, 0.15) is 0 Å². The van der Waals surface area contributed by atoms with Gasteiger partial charge in [-0.25, -0.2) is 8.42 Å². The van der Waals surface area contributed by atoms with Gasteiger partial charge < -0.3 is 9.64 Å². The van der Waals surface area contributed by atoms with E-state index in [0.29, 0.717) is 24.8 Å². The zero-order valence-corrected chi connectivity index (χ0v) is 15.7. The molecule has 2 fully saturated rings. The molecule has 0 aromatic heterocycles. The highest BCUT2D eigenvalue weighted by molar-refractivity contribution is 7.90. The van der Waals surface area contributed by atoms with Gasteiger partial charge in [0.15, 0.2) is 9.84 Å². The van der Waals surface area contributed by atoms with Crippen molar-refractivity contribution in [2.24, 2.45) is 0 Å². The van der Waals surface area contributed by atoms with Crippen LogP contribution in [0.3, 0.4) is 0 Å². The van der Waals surface area contributed by atoms with Crippen molar-refractivity contribution < 1.29 is 17.9 Å². The molecule has 7 heteroatoms. The maximum Gasteiger partial charge on any atom is 0.254 e. The summed E-state index contributed by atoms with van der Waals surface area (Å²) in [5.41, 5.74) is 1.29. The number of hydrogen-bond acceptors (Lipinski definition) is 5. The van der Waals surface area contributed by atoms with Crippen LogP contribution < -0.4 is 0 Å². The number of benzene rings is 1. The third kappa shape index (κ3) is 4.40. The molecule has 0 saturated carbocycles. The molecule has 2 heterocycles. The Bertz CT molecular complexity index is 733. The van der Waals surface area contributed by atoms with Crippen LogP contribution in [0.4, 0.5) is 0 Å². The fraction of sp³-hybridized carbons (Fsp3) is 0.611. The summed E-state index contributed by atoms with van der Waals surface area (Å²) in [5, 5.41) is 0. The SMILES string of the molecule is Cc1ccc(S(C)(=O)=O)cc1C(=O)N1CCN(CC2CCCO2)CC1. The Labute approximate surface area is 149 Å². The van der Waals surface area contributed by atoms with E-state index in [2.05, 4.69) is 4.90 Å². The molecule has 1 amide bonds. The average molecular weight is 366 g/mol. The zero-order chi connectivity index (χ0) is 18.0. The number of hydrogen-bond donors (Lipinski definition) is 0. The number of ether oxygens (including phenoxy) is 1. The molecule has 0 bridgehead atoms. The minimum Gasteiger partial charge on any atom is -0.377 e. The lowest BCUT2D eigenvalue weighted by atomic mass is 10.1. The summed E-state index contributed by atoms with van der Waals surface area (Å²) in [7, 11) is -3.32. The summed E-state index contributed by atoms with van der Waals surface area (Å²) >= 11 is 0. The van der Waals surface area contributed by atoms with Crippen molar-refractivity contribution in [1.29, 1.82) is 0 Å². The van der Waals surface area contributed by atoms with E-state index in [9.17, 15) is 13.2 Å². The van der Waals surface area contributed by atoms with Gasteiger partial charge in [-0.3, -0.25) is 9.69 Å². The molecule has 25 heavy (non-hydrogen) atoms. The molecule has 0 N–H and O–H groups in total. The van der Waals surface area contributed by atoms with Crippen LogP contribution in [0, 0.1) is 6.92 Å². The van der Waals surface area contributed by atoms with Gasteiger partial charge in [-0.1, -0.05) is 6.07 Å². The topological polar surface area (TPSA) is 66.9 Å². The maximum atomic E-state index is 12.8. The second kappa shape index (κ2) is 7.43. The second-order valence-electron chi connectivity index (χ2n) is 6.98.